The number of nitrogens with zero attached hydrogens (tertiary/aromatic N) is 1. The van der Waals surface area contributed by atoms with Crippen molar-refractivity contribution >= 4 is 17.3 Å². The molecular formula is C27H26NNaO5S. The van der Waals surface area contributed by atoms with Crippen molar-refractivity contribution in [1.82, 2.24) is 5.16 Å². The van der Waals surface area contributed by atoms with Crippen molar-refractivity contribution in [3.8, 4) is 27.5 Å². The van der Waals surface area contributed by atoms with Gasteiger partial charge in [-0.1, -0.05) is 41.6 Å². The van der Waals surface area contributed by atoms with Crippen molar-refractivity contribution in [1.29, 1.82) is 0 Å². The third-order valence-corrected chi connectivity index (χ3v) is 6.71. The molecule has 1 atom stereocenters. The van der Waals surface area contributed by atoms with Crippen LogP contribution in [-0.4, -0.2) is 23.8 Å². The minimum atomic E-state index is -1.20. The molecule has 6 nitrogen and oxygen atoms in total. The molecule has 176 valence electrons. The van der Waals surface area contributed by atoms with Crippen LogP contribution in [0.25, 0.3) is 21.8 Å². The number of ether oxygens (including phenoxy) is 2. The number of carbonyl (C=O) groups excluding carboxylic acids is 1. The summed E-state index contributed by atoms with van der Waals surface area (Å²) >= 11 is 1.71. The van der Waals surface area contributed by atoms with Gasteiger partial charge in [-0.3, -0.25) is 0 Å². The van der Waals surface area contributed by atoms with E-state index in [2.05, 4.69) is 30.3 Å². The second-order valence-corrected chi connectivity index (χ2v) is 9.16. The van der Waals surface area contributed by atoms with Crippen molar-refractivity contribution in [2.45, 2.75) is 39.9 Å². The summed E-state index contributed by atoms with van der Waals surface area (Å²) in [7, 11) is 0. The van der Waals surface area contributed by atoms with Gasteiger partial charge in [0.1, 0.15) is 18.5 Å². The smallest absolute Gasteiger partial charge is 0.547 e. The van der Waals surface area contributed by atoms with E-state index in [1.54, 1.807) is 18.3 Å². The average Bonchev–Trinajstić information content (AvgIpc) is 3.43. The Balaban J connectivity index is 0.00000342. The van der Waals surface area contributed by atoms with Gasteiger partial charge in [-0.05, 0) is 55.7 Å². The van der Waals surface area contributed by atoms with Crippen molar-refractivity contribution < 1.29 is 53.5 Å². The Morgan fingerprint density at radius 1 is 1.06 bits per heavy atom. The van der Waals surface area contributed by atoms with Crippen LogP contribution in [0.5, 0.6) is 5.75 Å². The zero-order chi connectivity index (χ0) is 24.1. The van der Waals surface area contributed by atoms with E-state index < -0.39 is 12.1 Å². The molecule has 4 rings (SSSR count). The SMILES string of the molecule is CCO[C@@H](Cc1ccc(OCc2sc(-c3ccc(-c4cc(C)no4)cc3)cc2C)cc1)C(=O)[O-].[Na+]. The van der Waals surface area contributed by atoms with Crippen molar-refractivity contribution in [3.63, 3.8) is 0 Å². The van der Waals surface area contributed by atoms with Crippen molar-refractivity contribution in [2.75, 3.05) is 6.61 Å². The van der Waals surface area contributed by atoms with Crippen LogP contribution in [-0.2, 0) is 22.6 Å². The van der Waals surface area contributed by atoms with Gasteiger partial charge >= 0.3 is 29.6 Å². The second-order valence-electron chi connectivity index (χ2n) is 8.03. The van der Waals surface area contributed by atoms with Crippen molar-refractivity contribution in [3.05, 3.63) is 82.4 Å². The number of aliphatic carboxylic acids is 1. The molecule has 0 N–H and O–H groups in total. The number of carbonyl (C=O) groups is 1. The largest absolute Gasteiger partial charge is 1.00 e. The monoisotopic (exact) mass is 499 g/mol. The number of rotatable bonds is 10. The number of thiophene rings is 1. The number of aryl methyl sites for hydroxylation is 2. The van der Waals surface area contributed by atoms with Crippen LogP contribution in [0.3, 0.4) is 0 Å². The number of benzene rings is 2. The molecule has 0 radical (unpaired) electrons. The maximum absolute atomic E-state index is 11.2. The molecule has 4 aromatic rings. The number of carboxylic acids is 1. The minimum Gasteiger partial charge on any atom is -0.547 e. The average molecular weight is 500 g/mol. The molecule has 0 amide bonds. The molecule has 0 saturated carbocycles. The number of hydrogen-bond acceptors (Lipinski definition) is 7. The van der Waals surface area contributed by atoms with E-state index in [1.807, 2.05) is 49.4 Å². The first-order valence-electron chi connectivity index (χ1n) is 11.1. The van der Waals surface area contributed by atoms with Crippen LogP contribution < -0.4 is 39.4 Å². The Bertz CT molecular complexity index is 1250. The van der Waals surface area contributed by atoms with Crippen molar-refractivity contribution in [2.24, 2.45) is 0 Å². The van der Waals surface area contributed by atoms with Gasteiger partial charge in [0.25, 0.3) is 0 Å². The number of aromatic nitrogens is 1. The second kappa shape index (κ2) is 12.5. The summed E-state index contributed by atoms with van der Waals surface area (Å²) in [6.07, 6.45) is -0.684. The Hall–Kier alpha value is -2.42. The molecule has 8 heteroatoms. The van der Waals surface area contributed by atoms with Gasteiger partial charge in [0.05, 0.1) is 11.7 Å². The fourth-order valence-electron chi connectivity index (χ4n) is 3.60. The quantitative estimate of drug-likeness (QED) is 0.310. The van der Waals surface area contributed by atoms with Gasteiger partial charge in [0, 0.05) is 34.4 Å². The molecule has 2 aromatic carbocycles. The molecule has 0 aliphatic heterocycles. The molecule has 0 unspecified atom stereocenters. The summed E-state index contributed by atoms with van der Waals surface area (Å²) in [4.78, 5) is 13.5. The predicted molar refractivity (Wildman–Crippen MR) is 130 cm³/mol. The number of hydrogen-bond donors (Lipinski definition) is 0. The van der Waals surface area contributed by atoms with Crippen LogP contribution in [0.1, 0.15) is 28.6 Å². The fraction of sp³-hybridized carbons (Fsp3) is 0.259. The summed E-state index contributed by atoms with van der Waals surface area (Å²) in [5, 5.41) is 15.1. The van der Waals surface area contributed by atoms with E-state index in [9.17, 15) is 9.90 Å². The summed E-state index contributed by atoms with van der Waals surface area (Å²) in [6.45, 7) is 6.54. The third-order valence-electron chi connectivity index (χ3n) is 5.45. The molecule has 0 aliphatic rings. The Labute approximate surface area is 231 Å². The zero-order valence-corrected chi connectivity index (χ0v) is 23.2. The molecule has 0 bridgehead atoms. The van der Waals surface area contributed by atoms with Gasteiger partial charge in [0.2, 0.25) is 0 Å². The summed E-state index contributed by atoms with van der Waals surface area (Å²) in [6, 6.07) is 19.8. The number of carboxylic acid groups (broad SMARTS) is 1. The van der Waals surface area contributed by atoms with Gasteiger partial charge < -0.3 is 23.9 Å². The zero-order valence-electron chi connectivity index (χ0n) is 20.4. The molecule has 0 saturated heterocycles. The topological polar surface area (TPSA) is 84.6 Å². The van der Waals surface area contributed by atoms with Crippen LogP contribution in [0.4, 0.5) is 0 Å². The van der Waals surface area contributed by atoms with Gasteiger partial charge in [-0.25, -0.2) is 0 Å². The van der Waals surface area contributed by atoms with E-state index in [0.29, 0.717) is 13.2 Å². The normalized spacial score (nSPS) is 11.6. The Kier molecular flexibility index (Phi) is 9.71. The van der Waals surface area contributed by atoms with Gasteiger partial charge in [0.15, 0.2) is 5.76 Å². The van der Waals surface area contributed by atoms with E-state index >= 15 is 0 Å². The maximum Gasteiger partial charge on any atom is 1.00 e. The first kappa shape index (κ1) is 27.2. The fourth-order valence-corrected chi connectivity index (χ4v) is 4.69. The minimum absolute atomic E-state index is 0. The molecule has 35 heavy (non-hydrogen) atoms. The van der Waals surface area contributed by atoms with Crippen LogP contribution in [0.15, 0.2) is 65.2 Å². The Morgan fingerprint density at radius 3 is 2.34 bits per heavy atom. The van der Waals surface area contributed by atoms with Gasteiger partial charge in [-0.2, -0.15) is 0 Å². The predicted octanol–water partition coefficient (Wildman–Crippen LogP) is 1.97. The van der Waals surface area contributed by atoms with E-state index in [1.165, 1.54) is 10.4 Å². The Morgan fingerprint density at radius 2 is 1.74 bits per heavy atom. The first-order valence-corrected chi connectivity index (χ1v) is 11.9. The molecule has 0 aliphatic carbocycles. The first-order chi connectivity index (χ1) is 16.4. The van der Waals surface area contributed by atoms with E-state index in [0.717, 1.165) is 38.8 Å². The van der Waals surface area contributed by atoms with Crippen LogP contribution in [0.2, 0.25) is 0 Å². The summed E-state index contributed by atoms with van der Waals surface area (Å²) < 4.78 is 16.6. The summed E-state index contributed by atoms with van der Waals surface area (Å²) in [5.41, 5.74) is 5.03. The maximum atomic E-state index is 11.2. The molecule has 2 heterocycles. The molecule has 0 fully saturated rings. The van der Waals surface area contributed by atoms with Crippen LogP contribution in [0, 0.1) is 13.8 Å². The standard InChI is InChI=1S/C27H27NO5S.Na/c1-4-31-24(27(29)30)15-19-5-11-22(12-6-19)32-16-26-17(2)13-25(34-26)21-9-7-20(8-10-21)23-14-18(3)28-33-23;/h5-14,24H,4,15-16H2,1-3H3,(H,29,30);/q;+1/p-1/t24-;/m0./s1. The van der Waals surface area contributed by atoms with E-state index in [-0.39, 0.29) is 36.0 Å². The summed E-state index contributed by atoms with van der Waals surface area (Å²) in [5.74, 6) is 0.291. The van der Waals surface area contributed by atoms with Crippen LogP contribution >= 0.6 is 11.3 Å². The molecule has 2 aromatic heterocycles. The van der Waals surface area contributed by atoms with E-state index in [4.69, 9.17) is 14.0 Å². The molecular weight excluding hydrogens is 473 g/mol. The molecule has 0 spiro atoms. The van der Waals surface area contributed by atoms with Gasteiger partial charge in [-0.15, -0.1) is 11.3 Å². The third kappa shape index (κ3) is 7.06.